The molecule has 0 amide bonds. The van der Waals surface area contributed by atoms with Crippen molar-refractivity contribution >= 4 is 50.3 Å². The van der Waals surface area contributed by atoms with Gasteiger partial charge in [-0.15, -0.1) is 11.8 Å². The molecule has 0 bridgehead atoms. The van der Waals surface area contributed by atoms with E-state index in [9.17, 15) is 8.42 Å². The molecule has 0 atom stereocenters. The lowest BCUT2D eigenvalue weighted by Gasteiger charge is -2.15. The van der Waals surface area contributed by atoms with Crippen molar-refractivity contribution in [3.63, 3.8) is 0 Å². The highest BCUT2D eigenvalue weighted by Gasteiger charge is 2.15. The zero-order valence-electron chi connectivity index (χ0n) is 17.0. The molecule has 0 saturated heterocycles. The van der Waals surface area contributed by atoms with E-state index in [1.807, 2.05) is 35.0 Å². The van der Waals surface area contributed by atoms with E-state index in [-0.39, 0.29) is 10.8 Å². The predicted octanol–water partition coefficient (Wildman–Crippen LogP) is 3.89. The first-order valence-corrected chi connectivity index (χ1v) is 12.0. The van der Waals surface area contributed by atoms with Crippen molar-refractivity contribution in [3.8, 4) is 5.69 Å². The van der Waals surface area contributed by atoms with Gasteiger partial charge in [-0.1, -0.05) is 26.0 Å². The largest absolute Gasteiger partial charge is 0.368 e. The molecule has 0 aliphatic carbocycles. The Morgan fingerprint density at radius 2 is 1.74 bits per heavy atom. The molecule has 2 aromatic heterocycles. The van der Waals surface area contributed by atoms with Crippen LogP contribution >= 0.6 is 11.8 Å². The van der Waals surface area contributed by atoms with Gasteiger partial charge in [-0.2, -0.15) is 4.98 Å². The Kier molecular flexibility index (Phi) is 5.61. The summed E-state index contributed by atoms with van der Waals surface area (Å²) in [6, 6.07) is 16.1. The third-order valence-corrected chi connectivity index (χ3v) is 6.51. The molecule has 8 nitrogen and oxygen atoms in total. The minimum atomic E-state index is -3.77. The van der Waals surface area contributed by atoms with E-state index in [2.05, 4.69) is 35.2 Å². The van der Waals surface area contributed by atoms with Crippen LogP contribution in [0, 0.1) is 0 Å². The molecule has 0 fully saturated rings. The number of aromatic nitrogens is 3. The topological polar surface area (TPSA) is 129 Å². The van der Waals surface area contributed by atoms with Crippen molar-refractivity contribution in [1.82, 2.24) is 14.5 Å². The summed E-state index contributed by atoms with van der Waals surface area (Å²) in [6.45, 7) is 4.28. The van der Waals surface area contributed by atoms with Crippen molar-refractivity contribution in [3.05, 3.63) is 60.8 Å². The smallest absolute Gasteiger partial charge is 0.238 e. The van der Waals surface area contributed by atoms with E-state index in [4.69, 9.17) is 10.9 Å². The summed E-state index contributed by atoms with van der Waals surface area (Å²) in [5.41, 5.74) is 9.00. The number of hydrogen-bond donors (Lipinski definition) is 3. The molecule has 31 heavy (non-hydrogen) atoms. The maximum atomic E-state index is 11.6. The number of nitrogens with two attached hydrogens (primary N) is 2. The van der Waals surface area contributed by atoms with Crippen LogP contribution in [-0.4, -0.2) is 28.2 Å². The van der Waals surface area contributed by atoms with E-state index in [1.54, 1.807) is 23.9 Å². The standard InChI is InChI=1S/C21H22N6O2S2/c1-13(2)30-18-6-4-3-5-16(18)24-20-19-17(25-21(22)26-20)11-12-27(19)14-7-9-15(10-8-14)31(23,28)29/h3-13H,1-2H3,(H2,23,28,29)(H3,22,24,25,26). The second-order valence-electron chi connectivity index (χ2n) is 7.18. The van der Waals surface area contributed by atoms with Gasteiger partial charge in [-0.3, -0.25) is 0 Å². The number of anilines is 3. The Balaban J connectivity index is 1.82. The molecule has 0 aliphatic rings. The fourth-order valence-electron chi connectivity index (χ4n) is 3.22. The SMILES string of the molecule is CC(C)Sc1ccccc1Nc1nc(N)nc2ccn(-c3ccc(S(N)(=O)=O)cc3)c12. The second-order valence-corrected chi connectivity index (χ2v) is 10.4. The van der Waals surface area contributed by atoms with Gasteiger partial charge in [0.05, 0.1) is 16.1 Å². The van der Waals surface area contributed by atoms with E-state index >= 15 is 0 Å². The number of benzene rings is 2. The molecule has 0 aliphatic heterocycles. The first-order chi connectivity index (χ1) is 14.7. The molecule has 5 N–H and O–H groups in total. The lowest BCUT2D eigenvalue weighted by molar-refractivity contribution is 0.598. The van der Waals surface area contributed by atoms with Crippen LogP contribution in [0.5, 0.6) is 0 Å². The minimum Gasteiger partial charge on any atom is -0.368 e. The number of para-hydroxylation sites is 1. The molecule has 0 radical (unpaired) electrons. The van der Waals surface area contributed by atoms with Gasteiger partial charge in [0.15, 0.2) is 5.82 Å². The van der Waals surface area contributed by atoms with Crippen molar-refractivity contribution in [2.75, 3.05) is 11.1 Å². The van der Waals surface area contributed by atoms with Crippen LogP contribution < -0.4 is 16.2 Å². The minimum absolute atomic E-state index is 0.0474. The highest BCUT2D eigenvalue weighted by molar-refractivity contribution is 8.00. The van der Waals surface area contributed by atoms with E-state index in [1.165, 1.54) is 12.1 Å². The molecular weight excluding hydrogens is 432 g/mol. The Morgan fingerprint density at radius 1 is 1.03 bits per heavy atom. The van der Waals surface area contributed by atoms with Gasteiger partial charge >= 0.3 is 0 Å². The second kappa shape index (κ2) is 8.22. The summed E-state index contributed by atoms with van der Waals surface area (Å²) < 4.78 is 25.0. The fourth-order valence-corrected chi connectivity index (χ4v) is 4.64. The average Bonchev–Trinajstić information content (AvgIpc) is 3.12. The first-order valence-electron chi connectivity index (χ1n) is 9.53. The highest BCUT2D eigenvalue weighted by atomic mass is 32.2. The Labute approximate surface area is 184 Å². The molecule has 160 valence electrons. The maximum absolute atomic E-state index is 11.6. The predicted molar refractivity (Wildman–Crippen MR) is 125 cm³/mol. The summed E-state index contributed by atoms with van der Waals surface area (Å²) >= 11 is 1.75. The highest BCUT2D eigenvalue weighted by Crippen LogP contribution is 2.34. The first kappa shape index (κ1) is 21.2. The molecule has 0 unspecified atom stereocenters. The van der Waals surface area contributed by atoms with Crippen molar-refractivity contribution in [2.45, 2.75) is 28.9 Å². The van der Waals surface area contributed by atoms with Crippen molar-refractivity contribution < 1.29 is 8.42 Å². The lowest BCUT2D eigenvalue weighted by Crippen LogP contribution is -2.12. The van der Waals surface area contributed by atoms with E-state index in [0.717, 1.165) is 21.8 Å². The molecule has 0 spiro atoms. The summed E-state index contributed by atoms with van der Waals surface area (Å²) in [4.78, 5) is 9.92. The normalized spacial score (nSPS) is 11.9. The van der Waals surface area contributed by atoms with Gasteiger partial charge in [0, 0.05) is 22.0 Å². The Bertz CT molecular complexity index is 1350. The summed E-state index contributed by atoms with van der Waals surface area (Å²) in [5, 5.41) is 9.03. The number of primary sulfonamides is 1. The average molecular weight is 455 g/mol. The molecule has 10 heteroatoms. The molecule has 0 saturated carbocycles. The lowest BCUT2D eigenvalue weighted by atomic mass is 10.3. The third-order valence-electron chi connectivity index (χ3n) is 4.50. The number of nitrogens with zero attached hydrogens (tertiary/aromatic N) is 3. The van der Waals surface area contributed by atoms with Gasteiger partial charge in [0.1, 0.15) is 5.52 Å². The Morgan fingerprint density at radius 3 is 2.42 bits per heavy atom. The summed E-state index contributed by atoms with van der Waals surface area (Å²) in [7, 11) is -3.77. The number of nitrogen functional groups attached to an aromatic ring is 1. The van der Waals surface area contributed by atoms with Crippen LogP contribution in [0.25, 0.3) is 16.7 Å². The maximum Gasteiger partial charge on any atom is 0.238 e. The number of sulfonamides is 1. The number of rotatable bonds is 6. The quantitative estimate of drug-likeness (QED) is 0.377. The molecule has 4 aromatic rings. The van der Waals surface area contributed by atoms with Crippen molar-refractivity contribution in [2.24, 2.45) is 5.14 Å². The zero-order valence-corrected chi connectivity index (χ0v) is 18.6. The number of thioether (sulfide) groups is 1. The Hall–Kier alpha value is -3.08. The number of hydrogen-bond acceptors (Lipinski definition) is 7. The van der Waals surface area contributed by atoms with Gasteiger partial charge in [-0.25, -0.2) is 18.5 Å². The van der Waals surface area contributed by atoms with Crippen LogP contribution in [0.15, 0.2) is 70.6 Å². The van der Waals surface area contributed by atoms with Crippen molar-refractivity contribution in [1.29, 1.82) is 0 Å². The van der Waals surface area contributed by atoms with Gasteiger partial charge < -0.3 is 15.6 Å². The fraction of sp³-hybridized carbons (Fsp3) is 0.143. The van der Waals surface area contributed by atoms with E-state index < -0.39 is 10.0 Å². The summed E-state index contributed by atoms with van der Waals surface area (Å²) in [6.07, 6.45) is 1.84. The molecular formula is C21H22N6O2S2. The molecule has 4 rings (SSSR count). The van der Waals surface area contributed by atoms with Crippen LogP contribution in [-0.2, 0) is 10.0 Å². The monoisotopic (exact) mass is 454 g/mol. The third kappa shape index (κ3) is 4.50. The van der Waals surface area contributed by atoms with Gasteiger partial charge in [0.2, 0.25) is 16.0 Å². The number of nitrogens with one attached hydrogen (secondary N) is 1. The molecule has 2 aromatic carbocycles. The summed E-state index contributed by atoms with van der Waals surface area (Å²) in [5.74, 6) is 0.714. The van der Waals surface area contributed by atoms with Crippen LogP contribution in [0.3, 0.4) is 0 Å². The number of fused-ring (bicyclic) bond motifs is 1. The van der Waals surface area contributed by atoms with Gasteiger partial charge in [0.25, 0.3) is 0 Å². The van der Waals surface area contributed by atoms with Crippen LogP contribution in [0.4, 0.5) is 17.5 Å². The van der Waals surface area contributed by atoms with E-state index in [0.29, 0.717) is 16.6 Å². The van der Waals surface area contributed by atoms with Crippen LogP contribution in [0.1, 0.15) is 13.8 Å². The van der Waals surface area contributed by atoms with Gasteiger partial charge in [-0.05, 0) is 42.5 Å². The molecule has 2 heterocycles. The zero-order chi connectivity index (χ0) is 22.2. The van der Waals surface area contributed by atoms with Crippen LogP contribution in [0.2, 0.25) is 0 Å².